The fourth-order valence-electron chi connectivity index (χ4n) is 1.94. The van der Waals surface area contributed by atoms with Gasteiger partial charge in [0, 0.05) is 0 Å². The van der Waals surface area contributed by atoms with E-state index in [0.717, 1.165) is 12.8 Å². The zero-order valence-electron chi connectivity index (χ0n) is 9.48. The van der Waals surface area contributed by atoms with Crippen molar-refractivity contribution in [1.29, 1.82) is 0 Å². The summed E-state index contributed by atoms with van der Waals surface area (Å²) in [6.07, 6.45) is -3.14. The van der Waals surface area contributed by atoms with Gasteiger partial charge in [-0.3, -0.25) is 0 Å². The zero-order chi connectivity index (χ0) is 13.2. The molecule has 0 aromatic heterocycles. The van der Waals surface area contributed by atoms with Gasteiger partial charge in [-0.1, -0.05) is 0 Å². The number of aliphatic hydroxyl groups excluding tert-OH is 1. The van der Waals surface area contributed by atoms with E-state index in [0.29, 0.717) is 12.2 Å². The van der Waals surface area contributed by atoms with Crippen molar-refractivity contribution < 1.29 is 27.8 Å². The molecule has 1 aliphatic rings. The first-order chi connectivity index (χ1) is 8.44. The van der Waals surface area contributed by atoms with Crippen molar-refractivity contribution in [3.63, 3.8) is 0 Å². The first kappa shape index (κ1) is 13.0. The molecule has 18 heavy (non-hydrogen) atoms. The molecule has 0 bridgehead atoms. The highest BCUT2D eigenvalue weighted by atomic mass is 19.4. The summed E-state index contributed by atoms with van der Waals surface area (Å²) in [6.45, 7) is 0. The number of benzene rings is 1. The number of rotatable bonds is 3. The Hall–Kier alpha value is -1.43. The molecule has 0 spiro atoms. The third-order valence-electron chi connectivity index (χ3n) is 2.76. The third-order valence-corrected chi connectivity index (χ3v) is 2.76. The van der Waals surface area contributed by atoms with E-state index < -0.39 is 12.5 Å². The Morgan fingerprint density at radius 2 is 1.67 bits per heavy atom. The number of hydrogen-bond acceptors (Lipinski definition) is 3. The molecule has 1 aromatic rings. The van der Waals surface area contributed by atoms with E-state index in [2.05, 4.69) is 4.74 Å². The number of ether oxygens (including phenoxy) is 2. The van der Waals surface area contributed by atoms with Gasteiger partial charge in [-0.05, 0) is 43.5 Å². The van der Waals surface area contributed by atoms with Crippen molar-refractivity contribution in [2.24, 2.45) is 0 Å². The van der Waals surface area contributed by atoms with Gasteiger partial charge in [0.1, 0.15) is 17.6 Å². The summed E-state index contributed by atoms with van der Waals surface area (Å²) in [4.78, 5) is 0. The van der Waals surface area contributed by atoms with Crippen LogP contribution in [0.1, 0.15) is 19.3 Å². The molecule has 0 amide bonds. The molecular weight excluding hydrogens is 249 g/mol. The Kier molecular flexibility index (Phi) is 3.65. The van der Waals surface area contributed by atoms with Crippen molar-refractivity contribution in [1.82, 2.24) is 0 Å². The molecule has 0 aliphatic heterocycles. The van der Waals surface area contributed by atoms with Crippen LogP contribution in [0.15, 0.2) is 24.3 Å². The highest BCUT2D eigenvalue weighted by molar-refractivity contribution is 5.31. The van der Waals surface area contributed by atoms with Gasteiger partial charge >= 0.3 is 6.36 Å². The van der Waals surface area contributed by atoms with Crippen LogP contribution < -0.4 is 9.47 Å². The molecule has 1 fully saturated rings. The number of hydrogen-bond donors (Lipinski definition) is 1. The maximum Gasteiger partial charge on any atom is 0.573 e. The molecule has 1 saturated carbocycles. The number of aliphatic hydroxyl groups is 1. The van der Waals surface area contributed by atoms with Gasteiger partial charge in [-0.2, -0.15) is 0 Å². The van der Waals surface area contributed by atoms with Gasteiger partial charge in [0.05, 0.1) is 6.10 Å². The van der Waals surface area contributed by atoms with Crippen molar-refractivity contribution in [3.05, 3.63) is 24.3 Å². The summed E-state index contributed by atoms with van der Waals surface area (Å²) in [6, 6.07) is 5.16. The second-order valence-electron chi connectivity index (χ2n) is 4.17. The molecule has 3 nitrogen and oxygen atoms in total. The predicted octanol–water partition coefficient (Wildman–Crippen LogP) is 2.88. The Bertz CT molecular complexity index is 389. The highest BCUT2D eigenvalue weighted by Crippen LogP contribution is 2.28. The minimum atomic E-state index is -4.69. The largest absolute Gasteiger partial charge is 0.573 e. The van der Waals surface area contributed by atoms with Crippen LogP contribution in [0, 0.1) is 0 Å². The lowest BCUT2D eigenvalue weighted by Gasteiger charge is -2.17. The first-order valence-electron chi connectivity index (χ1n) is 5.64. The van der Waals surface area contributed by atoms with Gasteiger partial charge < -0.3 is 14.6 Å². The van der Waals surface area contributed by atoms with E-state index >= 15 is 0 Å². The molecule has 6 heteroatoms. The summed E-state index contributed by atoms with van der Waals surface area (Å²) in [7, 11) is 0. The van der Waals surface area contributed by atoms with E-state index in [9.17, 15) is 18.3 Å². The standard InChI is InChI=1S/C12H13F3O3/c13-12(14,15)18-9-6-4-8(5-7-9)17-11-3-1-2-10(11)16/h4-7,10-11,16H,1-3H2/t10-,11-/m0/s1. The van der Waals surface area contributed by atoms with Gasteiger partial charge in [-0.15, -0.1) is 13.2 Å². The van der Waals surface area contributed by atoms with Gasteiger partial charge in [-0.25, -0.2) is 0 Å². The van der Waals surface area contributed by atoms with Gasteiger partial charge in [0.2, 0.25) is 0 Å². The molecule has 2 atom stereocenters. The maximum atomic E-state index is 11.9. The van der Waals surface area contributed by atoms with E-state index in [1.165, 1.54) is 24.3 Å². The van der Waals surface area contributed by atoms with E-state index in [1.54, 1.807) is 0 Å². The summed E-state index contributed by atoms with van der Waals surface area (Å²) < 4.78 is 45.0. The van der Waals surface area contributed by atoms with Crippen LogP contribution in [-0.4, -0.2) is 23.7 Å². The van der Waals surface area contributed by atoms with E-state index in [-0.39, 0.29) is 11.9 Å². The van der Waals surface area contributed by atoms with Crippen LogP contribution in [0.3, 0.4) is 0 Å². The average Bonchev–Trinajstić information content (AvgIpc) is 2.65. The van der Waals surface area contributed by atoms with Crippen LogP contribution in [0.25, 0.3) is 0 Å². The molecule has 1 aromatic carbocycles. The first-order valence-corrected chi connectivity index (χ1v) is 5.64. The van der Waals surface area contributed by atoms with Crippen LogP contribution in [0.2, 0.25) is 0 Å². The molecule has 1 aliphatic carbocycles. The Morgan fingerprint density at radius 3 is 2.17 bits per heavy atom. The van der Waals surface area contributed by atoms with Gasteiger partial charge in [0.25, 0.3) is 0 Å². The molecule has 100 valence electrons. The van der Waals surface area contributed by atoms with Crippen molar-refractivity contribution in [2.45, 2.75) is 37.8 Å². The topological polar surface area (TPSA) is 38.7 Å². The SMILES string of the molecule is O[C@H]1CCC[C@@H]1Oc1ccc(OC(F)(F)F)cc1. The molecule has 0 radical (unpaired) electrons. The summed E-state index contributed by atoms with van der Waals surface area (Å²) in [5, 5.41) is 9.56. The summed E-state index contributed by atoms with van der Waals surface area (Å²) in [5.41, 5.74) is 0. The van der Waals surface area contributed by atoms with Crippen molar-refractivity contribution in [3.8, 4) is 11.5 Å². The highest BCUT2D eigenvalue weighted by Gasteiger charge is 2.31. The minimum Gasteiger partial charge on any atom is -0.488 e. The molecular formula is C12H13F3O3. The van der Waals surface area contributed by atoms with Gasteiger partial charge in [0.15, 0.2) is 0 Å². The summed E-state index contributed by atoms with van der Waals surface area (Å²) in [5.74, 6) is 0.136. The third kappa shape index (κ3) is 3.53. The lowest BCUT2D eigenvalue weighted by molar-refractivity contribution is -0.274. The monoisotopic (exact) mass is 262 g/mol. The van der Waals surface area contributed by atoms with Crippen molar-refractivity contribution >= 4 is 0 Å². The second-order valence-corrected chi connectivity index (χ2v) is 4.17. The van der Waals surface area contributed by atoms with Crippen LogP contribution in [0.4, 0.5) is 13.2 Å². The van der Waals surface area contributed by atoms with Crippen LogP contribution in [0.5, 0.6) is 11.5 Å². The van der Waals surface area contributed by atoms with E-state index in [4.69, 9.17) is 4.74 Å². The Morgan fingerprint density at radius 1 is 1.06 bits per heavy atom. The summed E-state index contributed by atoms with van der Waals surface area (Å²) >= 11 is 0. The maximum absolute atomic E-state index is 11.9. The van der Waals surface area contributed by atoms with Crippen LogP contribution in [-0.2, 0) is 0 Å². The average molecular weight is 262 g/mol. The number of alkyl halides is 3. The fourth-order valence-corrected chi connectivity index (χ4v) is 1.94. The lowest BCUT2D eigenvalue weighted by Crippen LogP contribution is -2.25. The second kappa shape index (κ2) is 5.06. The Labute approximate surface area is 102 Å². The van der Waals surface area contributed by atoms with E-state index in [1.807, 2.05) is 0 Å². The molecule has 0 unspecified atom stereocenters. The molecule has 1 N–H and O–H groups in total. The number of halogens is 3. The minimum absolute atomic E-state index is 0.278. The lowest BCUT2D eigenvalue weighted by atomic mass is 10.2. The fraction of sp³-hybridized carbons (Fsp3) is 0.500. The quantitative estimate of drug-likeness (QED) is 0.910. The molecule has 0 heterocycles. The predicted molar refractivity (Wildman–Crippen MR) is 57.4 cm³/mol. The molecule has 0 saturated heterocycles. The normalized spacial score (nSPS) is 24.0. The Balaban J connectivity index is 1.95. The smallest absolute Gasteiger partial charge is 0.488 e. The zero-order valence-corrected chi connectivity index (χ0v) is 9.48. The molecule has 2 rings (SSSR count). The van der Waals surface area contributed by atoms with Crippen molar-refractivity contribution in [2.75, 3.05) is 0 Å². The van der Waals surface area contributed by atoms with Crippen LogP contribution >= 0.6 is 0 Å².